The molecule has 0 spiro atoms. The van der Waals surface area contributed by atoms with E-state index in [9.17, 15) is 9.59 Å². The maximum absolute atomic E-state index is 13.3. The number of hydrogen-bond donors (Lipinski definition) is 1. The largest absolute Gasteiger partial charge is 0.448 e. The first-order chi connectivity index (χ1) is 15.2. The zero-order chi connectivity index (χ0) is 21.2. The van der Waals surface area contributed by atoms with E-state index in [1.165, 1.54) is 11.8 Å². The molecule has 0 saturated carbocycles. The van der Waals surface area contributed by atoms with E-state index < -0.39 is 0 Å². The lowest BCUT2D eigenvalue weighted by Gasteiger charge is -2.15. The van der Waals surface area contributed by atoms with Crippen molar-refractivity contribution in [3.8, 4) is 0 Å². The number of carbonyl (C=O) groups is 1. The number of anilines is 1. The lowest BCUT2D eigenvalue weighted by molar-refractivity contribution is -0.113. The first-order valence-corrected chi connectivity index (χ1v) is 11.2. The van der Waals surface area contributed by atoms with Crippen molar-refractivity contribution in [1.29, 1.82) is 0 Å². The summed E-state index contributed by atoms with van der Waals surface area (Å²) in [6, 6.07) is 16.7. The SMILES string of the molecule is O=C(CSc1nc2c(oc3ccccc32)c(=O)n1CC1CCCO1)Nc1ccccc1. The van der Waals surface area contributed by atoms with E-state index in [2.05, 4.69) is 5.32 Å². The van der Waals surface area contributed by atoms with E-state index in [0.29, 0.717) is 29.4 Å². The molecule has 1 amide bonds. The van der Waals surface area contributed by atoms with E-state index in [1.807, 2.05) is 54.6 Å². The minimum Gasteiger partial charge on any atom is -0.448 e. The third-order valence-electron chi connectivity index (χ3n) is 5.25. The molecule has 7 nitrogen and oxygen atoms in total. The lowest BCUT2D eigenvalue weighted by Crippen LogP contribution is -2.29. The molecule has 1 aliphatic heterocycles. The number of fused-ring (bicyclic) bond motifs is 3. The summed E-state index contributed by atoms with van der Waals surface area (Å²) in [5.41, 5.74) is 1.86. The van der Waals surface area contributed by atoms with Crippen LogP contribution in [0.3, 0.4) is 0 Å². The molecule has 4 aromatic rings. The summed E-state index contributed by atoms with van der Waals surface area (Å²) in [4.78, 5) is 30.5. The van der Waals surface area contributed by atoms with Crippen molar-refractivity contribution in [2.24, 2.45) is 0 Å². The van der Waals surface area contributed by atoms with Gasteiger partial charge in [0, 0.05) is 17.7 Å². The number of hydrogen-bond acceptors (Lipinski definition) is 6. The number of furan rings is 1. The van der Waals surface area contributed by atoms with Crippen molar-refractivity contribution in [3.63, 3.8) is 0 Å². The van der Waals surface area contributed by atoms with E-state index >= 15 is 0 Å². The molecule has 0 radical (unpaired) electrons. The van der Waals surface area contributed by atoms with Gasteiger partial charge in [0.2, 0.25) is 11.5 Å². The van der Waals surface area contributed by atoms with Gasteiger partial charge in [0.15, 0.2) is 5.16 Å². The standard InChI is InChI=1S/C23H21N3O4S/c27-19(24-15-7-2-1-3-8-15)14-31-23-25-20-17-10-4-5-11-18(17)30-21(20)22(28)26(23)13-16-9-6-12-29-16/h1-5,7-8,10-11,16H,6,9,12-14H2,(H,24,27). The average molecular weight is 436 g/mol. The third-order valence-corrected chi connectivity index (χ3v) is 6.22. The van der Waals surface area contributed by atoms with Gasteiger partial charge in [-0.05, 0) is 37.1 Å². The highest BCUT2D eigenvalue weighted by molar-refractivity contribution is 7.99. The third kappa shape index (κ3) is 4.08. The fourth-order valence-electron chi connectivity index (χ4n) is 3.77. The van der Waals surface area contributed by atoms with Crippen LogP contribution in [0.5, 0.6) is 0 Å². The number of aromatic nitrogens is 2. The minimum atomic E-state index is -0.248. The monoisotopic (exact) mass is 435 g/mol. The van der Waals surface area contributed by atoms with Crippen LogP contribution in [0.1, 0.15) is 12.8 Å². The average Bonchev–Trinajstić information content (AvgIpc) is 3.43. The van der Waals surface area contributed by atoms with Gasteiger partial charge < -0.3 is 14.5 Å². The van der Waals surface area contributed by atoms with Gasteiger partial charge in [0.05, 0.1) is 18.4 Å². The Labute approximate surface area is 182 Å². The molecule has 31 heavy (non-hydrogen) atoms. The van der Waals surface area contributed by atoms with Gasteiger partial charge in [0.1, 0.15) is 11.1 Å². The molecule has 158 valence electrons. The van der Waals surface area contributed by atoms with Crippen LogP contribution in [-0.2, 0) is 16.1 Å². The second-order valence-corrected chi connectivity index (χ2v) is 8.37. The molecule has 1 fully saturated rings. The van der Waals surface area contributed by atoms with Crippen molar-refractivity contribution in [1.82, 2.24) is 9.55 Å². The number of ether oxygens (including phenoxy) is 1. The second-order valence-electron chi connectivity index (χ2n) is 7.42. The van der Waals surface area contributed by atoms with Crippen molar-refractivity contribution in [3.05, 3.63) is 65.0 Å². The van der Waals surface area contributed by atoms with E-state index in [1.54, 1.807) is 4.57 Å². The van der Waals surface area contributed by atoms with Crippen LogP contribution in [0.2, 0.25) is 0 Å². The highest BCUT2D eigenvalue weighted by atomic mass is 32.2. The van der Waals surface area contributed by atoms with E-state index in [4.69, 9.17) is 14.1 Å². The zero-order valence-corrected chi connectivity index (χ0v) is 17.6. The van der Waals surface area contributed by atoms with Crippen LogP contribution in [-0.4, -0.2) is 33.9 Å². The van der Waals surface area contributed by atoms with Crippen molar-refractivity contribution >= 4 is 45.4 Å². The number of nitrogens with zero attached hydrogens (tertiary/aromatic N) is 2. The van der Waals surface area contributed by atoms with Gasteiger partial charge in [0.25, 0.3) is 5.56 Å². The Morgan fingerprint density at radius 2 is 1.97 bits per heavy atom. The van der Waals surface area contributed by atoms with Gasteiger partial charge in [-0.15, -0.1) is 0 Å². The molecule has 0 bridgehead atoms. The molecule has 1 saturated heterocycles. The molecule has 3 heterocycles. The Balaban J connectivity index is 1.48. The molecule has 2 aromatic heterocycles. The maximum Gasteiger partial charge on any atom is 0.297 e. The molecular formula is C23H21N3O4S. The van der Waals surface area contributed by atoms with Crippen LogP contribution in [0, 0.1) is 0 Å². The number of benzene rings is 2. The van der Waals surface area contributed by atoms with Gasteiger partial charge in [-0.25, -0.2) is 4.98 Å². The van der Waals surface area contributed by atoms with E-state index in [-0.39, 0.29) is 28.9 Å². The first kappa shape index (κ1) is 19.8. The number of para-hydroxylation sites is 2. The minimum absolute atomic E-state index is 0.0428. The summed E-state index contributed by atoms with van der Waals surface area (Å²) in [6.07, 6.45) is 1.82. The Bertz CT molecular complexity index is 1290. The summed E-state index contributed by atoms with van der Waals surface area (Å²) >= 11 is 1.24. The Morgan fingerprint density at radius 3 is 2.77 bits per heavy atom. The highest BCUT2D eigenvalue weighted by Gasteiger charge is 2.23. The molecule has 0 aliphatic carbocycles. The fraction of sp³-hybridized carbons (Fsp3) is 0.261. The highest BCUT2D eigenvalue weighted by Crippen LogP contribution is 2.28. The van der Waals surface area contributed by atoms with Crippen LogP contribution in [0.25, 0.3) is 22.1 Å². The number of thioether (sulfide) groups is 1. The van der Waals surface area contributed by atoms with Crippen LogP contribution in [0.4, 0.5) is 5.69 Å². The molecule has 8 heteroatoms. The van der Waals surface area contributed by atoms with Crippen molar-refractivity contribution < 1.29 is 13.9 Å². The number of amides is 1. The maximum atomic E-state index is 13.3. The quantitative estimate of drug-likeness (QED) is 0.363. The topological polar surface area (TPSA) is 86.4 Å². The van der Waals surface area contributed by atoms with Crippen LogP contribution in [0.15, 0.2) is 69.0 Å². The second kappa shape index (κ2) is 8.56. The summed E-state index contributed by atoms with van der Waals surface area (Å²) in [6.45, 7) is 1.09. The zero-order valence-electron chi connectivity index (χ0n) is 16.7. The normalized spacial score (nSPS) is 16.2. The lowest BCUT2D eigenvalue weighted by atomic mass is 10.2. The van der Waals surface area contributed by atoms with Crippen LogP contribution < -0.4 is 10.9 Å². The molecule has 1 N–H and O–H groups in total. The first-order valence-electron chi connectivity index (χ1n) is 10.2. The van der Waals surface area contributed by atoms with Crippen molar-refractivity contribution in [2.75, 3.05) is 17.7 Å². The molecular weight excluding hydrogens is 414 g/mol. The number of carbonyl (C=O) groups excluding carboxylic acids is 1. The summed E-state index contributed by atoms with van der Waals surface area (Å²) in [5.74, 6) is -0.0278. The molecule has 1 unspecified atom stereocenters. The van der Waals surface area contributed by atoms with Gasteiger partial charge in [-0.3, -0.25) is 14.2 Å². The molecule has 1 atom stereocenters. The van der Waals surface area contributed by atoms with Crippen LogP contribution >= 0.6 is 11.8 Å². The van der Waals surface area contributed by atoms with Gasteiger partial charge >= 0.3 is 0 Å². The number of nitrogens with one attached hydrogen (secondary N) is 1. The van der Waals surface area contributed by atoms with Crippen molar-refractivity contribution in [2.45, 2.75) is 30.6 Å². The molecule has 5 rings (SSSR count). The summed E-state index contributed by atoms with van der Waals surface area (Å²) < 4.78 is 13.1. The summed E-state index contributed by atoms with van der Waals surface area (Å²) in [5, 5.41) is 4.14. The number of rotatable bonds is 6. The smallest absolute Gasteiger partial charge is 0.297 e. The Morgan fingerprint density at radius 1 is 1.16 bits per heavy atom. The van der Waals surface area contributed by atoms with E-state index in [0.717, 1.165) is 23.9 Å². The predicted octanol–water partition coefficient (Wildman–Crippen LogP) is 4.05. The fourth-order valence-corrected chi connectivity index (χ4v) is 4.57. The van der Waals surface area contributed by atoms with Gasteiger partial charge in [-0.1, -0.05) is 42.1 Å². The predicted molar refractivity (Wildman–Crippen MR) is 121 cm³/mol. The van der Waals surface area contributed by atoms with Gasteiger partial charge in [-0.2, -0.15) is 0 Å². The Hall–Kier alpha value is -3.10. The molecule has 1 aliphatic rings. The summed E-state index contributed by atoms with van der Waals surface area (Å²) in [7, 11) is 0. The molecule has 2 aromatic carbocycles. The Kier molecular flexibility index (Phi) is 5.48.